The molecule has 0 aliphatic carbocycles. The maximum atomic E-state index is 13.3. The minimum Gasteiger partial charge on any atom is -0.388 e. The molecule has 0 bridgehead atoms. The maximum absolute atomic E-state index is 13.3. The van der Waals surface area contributed by atoms with Gasteiger partial charge in [0, 0.05) is 18.8 Å². The summed E-state index contributed by atoms with van der Waals surface area (Å²) in [7, 11) is 0. The van der Waals surface area contributed by atoms with Crippen molar-refractivity contribution >= 4 is 11.6 Å². The Bertz CT molecular complexity index is 559. The molecule has 2 nitrogen and oxygen atoms in total. The molecule has 0 amide bonds. The molecule has 1 heterocycles. The van der Waals surface area contributed by atoms with Crippen LogP contribution in [0.25, 0.3) is 0 Å². The lowest BCUT2D eigenvalue weighted by atomic mass is 10.0. The van der Waals surface area contributed by atoms with Crippen LogP contribution in [0.1, 0.15) is 22.8 Å². The summed E-state index contributed by atoms with van der Waals surface area (Å²) in [5.74, 6) is -0.469. The van der Waals surface area contributed by atoms with Gasteiger partial charge in [0.15, 0.2) is 0 Å². The van der Waals surface area contributed by atoms with Crippen molar-refractivity contribution in [3.63, 3.8) is 0 Å². The van der Waals surface area contributed by atoms with Crippen LogP contribution in [-0.4, -0.2) is 10.1 Å². The molecule has 2 aromatic rings. The van der Waals surface area contributed by atoms with E-state index in [9.17, 15) is 9.50 Å². The summed E-state index contributed by atoms with van der Waals surface area (Å²) in [6, 6.07) is 6.44. The van der Waals surface area contributed by atoms with Crippen LogP contribution in [0.3, 0.4) is 0 Å². The Labute approximate surface area is 110 Å². The Hall–Kier alpha value is -1.45. The third kappa shape index (κ3) is 2.86. The van der Waals surface area contributed by atoms with Gasteiger partial charge in [-0.3, -0.25) is 4.98 Å². The van der Waals surface area contributed by atoms with Crippen LogP contribution in [0, 0.1) is 12.7 Å². The molecule has 0 saturated carbocycles. The lowest BCUT2D eigenvalue weighted by Gasteiger charge is -2.12. The van der Waals surface area contributed by atoms with E-state index in [0.29, 0.717) is 11.1 Å². The molecule has 0 spiro atoms. The molecule has 2 rings (SSSR count). The van der Waals surface area contributed by atoms with Crippen LogP contribution in [0.5, 0.6) is 0 Å². The summed E-state index contributed by atoms with van der Waals surface area (Å²) in [6.07, 6.45) is 2.84. The van der Waals surface area contributed by atoms with Crippen molar-refractivity contribution < 1.29 is 9.50 Å². The number of hydrogen-bond donors (Lipinski definition) is 1. The van der Waals surface area contributed by atoms with Crippen LogP contribution >= 0.6 is 11.6 Å². The zero-order valence-electron chi connectivity index (χ0n) is 9.90. The summed E-state index contributed by atoms with van der Waals surface area (Å²) in [5.41, 5.74) is 2.26. The van der Waals surface area contributed by atoms with Gasteiger partial charge < -0.3 is 5.11 Å². The molecular formula is C14H13ClFNO. The summed E-state index contributed by atoms with van der Waals surface area (Å²) in [4.78, 5) is 4.02. The molecule has 0 saturated heterocycles. The highest BCUT2D eigenvalue weighted by molar-refractivity contribution is 6.31. The predicted molar refractivity (Wildman–Crippen MR) is 69.0 cm³/mol. The number of aliphatic hydroxyl groups excluding tert-OH is 1. The topological polar surface area (TPSA) is 33.1 Å². The fourth-order valence-electron chi connectivity index (χ4n) is 1.79. The van der Waals surface area contributed by atoms with Gasteiger partial charge in [0.05, 0.1) is 11.1 Å². The van der Waals surface area contributed by atoms with Gasteiger partial charge in [-0.1, -0.05) is 29.8 Å². The van der Waals surface area contributed by atoms with Crippen molar-refractivity contribution in [2.75, 3.05) is 0 Å². The first-order valence-corrected chi connectivity index (χ1v) is 5.98. The lowest BCUT2D eigenvalue weighted by Crippen LogP contribution is -2.03. The van der Waals surface area contributed by atoms with Gasteiger partial charge in [-0.15, -0.1) is 0 Å². The third-order valence-electron chi connectivity index (χ3n) is 2.73. The largest absolute Gasteiger partial charge is 0.388 e. The van der Waals surface area contributed by atoms with Crippen molar-refractivity contribution in [3.8, 4) is 0 Å². The number of aromatic nitrogens is 1. The molecule has 1 aromatic carbocycles. The fraction of sp³-hybridized carbons (Fsp3) is 0.214. The van der Waals surface area contributed by atoms with Gasteiger partial charge in [0.2, 0.25) is 0 Å². The molecular weight excluding hydrogens is 253 g/mol. The van der Waals surface area contributed by atoms with Gasteiger partial charge in [-0.2, -0.15) is 0 Å². The van der Waals surface area contributed by atoms with Crippen LogP contribution in [0.2, 0.25) is 5.02 Å². The van der Waals surface area contributed by atoms with Gasteiger partial charge >= 0.3 is 0 Å². The van der Waals surface area contributed by atoms with Gasteiger partial charge in [-0.05, 0) is 29.7 Å². The van der Waals surface area contributed by atoms with E-state index >= 15 is 0 Å². The highest BCUT2D eigenvalue weighted by Gasteiger charge is 2.13. The number of nitrogens with zero attached hydrogens (tertiary/aromatic N) is 1. The minimum absolute atomic E-state index is 0.0668. The van der Waals surface area contributed by atoms with E-state index < -0.39 is 11.9 Å². The van der Waals surface area contributed by atoms with Crippen molar-refractivity contribution in [2.45, 2.75) is 19.4 Å². The summed E-state index contributed by atoms with van der Waals surface area (Å²) < 4.78 is 13.3. The first kappa shape index (κ1) is 13.0. The summed E-state index contributed by atoms with van der Waals surface area (Å²) in [5, 5.41) is 10.2. The first-order chi connectivity index (χ1) is 8.58. The Balaban J connectivity index is 2.21. The zero-order valence-corrected chi connectivity index (χ0v) is 10.7. The number of halogens is 2. The van der Waals surface area contributed by atoms with Gasteiger partial charge in [0.1, 0.15) is 5.82 Å². The first-order valence-electron chi connectivity index (χ1n) is 5.60. The summed E-state index contributed by atoms with van der Waals surface area (Å²) in [6.45, 7) is 1.90. The van der Waals surface area contributed by atoms with E-state index in [4.69, 9.17) is 11.6 Å². The van der Waals surface area contributed by atoms with Crippen LogP contribution in [0.4, 0.5) is 4.39 Å². The van der Waals surface area contributed by atoms with Crippen LogP contribution in [0.15, 0.2) is 36.7 Å². The third-order valence-corrected chi connectivity index (χ3v) is 3.15. The second kappa shape index (κ2) is 5.46. The molecule has 1 atom stereocenters. The van der Waals surface area contributed by atoms with E-state index in [0.717, 1.165) is 5.56 Å². The lowest BCUT2D eigenvalue weighted by molar-refractivity contribution is 0.178. The molecule has 4 heteroatoms. The molecule has 18 heavy (non-hydrogen) atoms. The van der Waals surface area contributed by atoms with Crippen LogP contribution in [-0.2, 0) is 6.42 Å². The Morgan fingerprint density at radius 1 is 1.39 bits per heavy atom. The number of aryl methyl sites for hydroxylation is 1. The quantitative estimate of drug-likeness (QED) is 0.922. The van der Waals surface area contributed by atoms with Crippen molar-refractivity contribution in [3.05, 3.63) is 64.2 Å². The molecule has 0 aliphatic rings. The molecule has 1 unspecified atom stereocenters. The molecule has 0 radical (unpaired) electrons. The average Bonchev–Trinajstić information content (AvgIpc) is 2.35. The molecule has 0 aliphatic heterocycles. The minimum atomic E-state index is -0.739. The highest BCUT2D eigenvalue weighted by Crippen LogP contribution is 2.25. The number of benzene rings is 1. The monoisotopic (exact) mass is 265 g/mol. The summed E-state index contributed by atoms with van der Waals surface area (Å²) >= 11 is 5.85. The van der Waals surface area contributed by atoms with Crippen molar-refractivity contribution in [2.24, 2.45) is 0 Å². The number of aliphatic hydroxyl groups is 1. The predicted octanol–water partition coefficient (Wildman–Crippen LogP) is 3.46. The normalized spacial score (nSPS) is 12.4. The van der Waals surface area contributed by atoms with Crippen molar-refractivity contribution in [1.29, 1.82) is 0 Å². The van der Waals surface area contributed by atoms with Crippen molar-refractivity contribution in [1.82, 2.24) is 4.98 Å². The zero-order chi connectivity index (χ0) is 13.1. The van der Waals surface area contributed by atoms with E-state index in [-0.39, 0.29) is 11.4 Å². The standard InChI is InChI=1S/C14H13ClFNO/c1-9-5-11(8-17-7-9)13(18)6-10-3-2-4-12(16)14(10)15/h2-5,7-8,13,18H,6H2,1H3. The Kier molecular flexibility index (Phi) is 3.94. The van der Waals surface area contributed by atoms with E-state index in [1.54, 1.807) is 24.5 Å². The molecule has 0 fully saturated rings. The smallest absolute Gasteiger partial charge is 0.142 e. The van der Waals surface area contributed by atoms with E-state index in [2.05, 4.69) is 4.98 Å². The fourth-order valence-corrected chi connectivity index (χ4v) is 2.00. The van der Waals surface area contributed by atoms with Gasteiger partial charge in [-0.25, -0.2) is 4.39 Å². The highest BCUT2D eigenvalue weighted by atomic mass is 35.5. The maximum Gasteiger partial charge on any atom is 0.142 e. The molecule has 1 N–H and O–H groups in total. The SMILES string of the molecule is Cc1cncc(C(O)Cc2cccc(F)c2Cl)c1. The number of rotatable bonds is 3. The second-order valence-corrected chi connectivity index (χ2v) is 4.61. The number of hydrogen-bond acceptors (Lipinski definition) is 2. The molecule has 94 valence electrons. The number of pyridine rings is 1. The van der Waals surface area contributed by atoms with Crippen LogP contribution < -0.4 is 0 Å². The molecule has 1 aromatic heterocycles. The van der Waals surface area contributed by atoms with E-state index in [1.165, 1.54) is 6.07 Å². The Morgan fingerprint density at radius 3 is 2.89 bits per heavy atom. The van der Waals surface area contributed by atoms with E-state index in [1.807, 2.05) is 13.0 Å². The Morgan fingerprint density at radius 2 is 2.17 bits per heavy atom. The average molecular weight is 266 g/mol. The second-order valence-electron chi connectivity index (χ2n) is 4.23. The van der Waals surface area contributed by atoms with Gasteiger partial charge in [0.25, 0.3) is 0 Å².